The Labute approximate surface area is 93.8 Å². The first-order valence-corrected chi connectivity index (χ1v) is 6.11. The molecule has 0 radical (unpaired) electrons. The van der Waals surface area contributed by atoms with Gasteiger partial charge < -0.3 is 4.74 Å². The maximum atomic E-state index is 11.7. The van der Waals surface area contributed by atoms with Gasteiger partial charge in [0.2, 0.25) is 0 Å². The third-order valence-electron chi connectivity index (χ3n) is 2.41. The molecule has 15 heavy (non-hydrogen) atoms. The van der Waals surface area contributed by atoms with Crippen LogP contribution in [0.25, 0.3) is 0 Å². The van der Waals surface area contributed by atoms with Crippen LogP contribution in [0.3, 0.4) is 0 Å². The second-order valence-electron chi connectivity index (χ2n) is 3.71. The van der Waals surface area contributed by atoms with Gasteiger partial charge in [-0.25, -0.2) is 0 Å². The molecule has 0 spiro atoms. The lowest BCUT2D eigenvalue weighted by Crippen LogP contribution is -2.42. The van der Waals surface area contributed by atoms with E-state index in [1.807, 2.05) is 13.8 Å². The Balaban J connectivity index is 4.35. The van der Waals surface area contributed by atoms with Crippen LogP contribution >= 0.6 is 0 Å². The molecule has 0 aliphatic heterocycles. The third kappa shape index (κ3) is 5.17. The molecule has 0 aromatic carbocycles. The number of carbonyl (C=O) groups is 1. The van der Waals surface area contributed by atoms with Crippen molar-refractivity contribution in [3.63, 3.8) is 0 Å². The molecule has 1 atom stereocenters. The summed E-state index contributed by atoms with van der Waals surface area (Å²) in [5.74, 6) is -0.0677. The van der Waals surface area contributed by atoms with Gasteiger partial charge in [0, 0.05) is 0 Å². The molecule has 1 unspecified atom stereocenters. The Bertz CT molecular complexity index is 165. The lowest BCUT2D eigenvalue weighted by Gasteiger charge is -2.28. The second kappa shape index (κ2) is 8.72. The minimum Gasteiger partial charge on any atom is -0.465 e. The number of nitrogens with zero attached hydrogens (tertiary/aromatic N) is 1. The van der Waals surface area contributed by atoms with E-state index in [0.29, 0.717) is 6.61 Å². The zero-order valence-corrected chi connectivity index (χ0v) is 10.6. The van der Waals surface area contributed by atoms with Gasteiger partial charge in [0.25, 0.3) is 0 Å². The smallest absolute Gasteiger partial charge is 0.323 e. The van der Waals surface area contributed by atoms with Crippen molar-refractivity contribution in [2.45, 2.75) is 53.0 Å². The molecule has 90 valence electrons. The minimum absolute atomic E-state index is 0.0511. The Morgan fingerprint density at radius 3 is 2.00 bits per heavy atom. The van der Waals surface area contributed by atoms with E-state index in [1.54, 1.807) is 0 Å². The van der Waals surface area contributed by atoms with Crippen molar-refractivity contribution >= 4 is 5.97 Å². The summed E-state index contributed by atoms with van der Waals surface area (Å²) < 4.78 is 5.09. The average Bonchev–Trinajstić information content (AvgIpc) is 2.20. The molecule has 3 heteroatoms. The molecule has 0 N–H and O–H groups in total. The van der Waals surface area contributed by atoms with Crippen LogP contribution < -0.4 is 0 Å². The van der Waals surface area contributed by atoms with Gasteiger partial charge in [-0.15, -0.1) is 0 Å². The fourth-order valence-corrected chi connectivity index (χ4v) is 1.81. The van der Waals surface area contributed by atoms with E-state index in [4.69, 9.17) is 4.74 Å². The van der Waals surface area contributed by atoms with Gasteiger partial charge in [-0.3, -0.25) is 9.69 Å². The van der Waals surface area contributed by atoms with Crippen LogP contribution in [0.5, 0.6) is 0 Å². The van der Waals surface area contributed by atoms with Crippen molar-refractivity contribution in [1.82, 2.24) is 4.90 Å². The van der Waals surface area contributed by atoms with Gasteiger partial charge in [-0.1, -0.05) is 20.8 Å². The standard InChI is InChI=1S/C12H25NO2/c1-5-9-13(10-6-2)11(7-3)12(14)15-8-4/h11H,5-10H2,1-4H3. The summed E-state index contributed by atoms with van der Waals surface area (Å²) >= 11 is 0. The van der Waals surface area contributed by atoms with Crippen LogP contribution in [-0.2, 0) is 9.53 Å². The van der Waals surface area contributed by atoms with E-state index in [9.17, 15) is 4.79 Å². The molecule has 0 aliphatic carbocycles. The van der Waals surface area contributed by atoms with Crippen LogP contribution in [0.2, 0.25) is 0 Å². The van der Waals surface area contributed by atoms with Crippen molar-refractivity contribution < 1.29 is 9.53 Å². The normalized spacial score (nSPS) is 12.9. The molecular formula is C12H25NO2. The minimum atomic E-state index is -0.0677. The van der Waals surface area contributed by atoms with E-state index in [1.165, 1.54) is 0 Å². The number of hydrogen-bond donors (Lipinski definition) is 0. The quantitative estimate of drug-likeness (QED) is 0.582. The van der Waals surface area contributed by atoms with Crippen LogP contribution in [0.15, 0.2) is 0 Å². The largest absolute Gasteiger partial charge is 0.465 e. The molecule has 0 aromatic heterocycles. The van der Waals surface area contributed by atoms with Gasteiger partial charge in [-0.05, 0) is 39.3 Å². The summed E-state index contributed by atoms with van der Waals surface area (Å²) in [6.45, 7) is 10.6. The molecule has 0 aromatic rings. The molecule has 0 saturated carbocycles. The highest BCUT2D eigenvalue weighted by atomic mass is 16.5. The Morgan fingerprint density at radius 1 is 1.13 bits per heavy atom. The molecule has 0 heterocycles. The SMILES string of the molecule is CCCN(CCC)C(CC)C(=O)OCC. The zero-order valence-electron chi connectivity index (χ0n) is 10.6. The first-order valence-electron chi connectivity index (χ1n) is 6.11. The van der Waals surface area contributed by atoms with Crippen LogP contribution in [0.1, 0.15) is 47.0 Å². The van der Waals surface area contributed by atoms with Crippen LogP contribution in [0.4, 0.5) is 0 Å². The lowest BCUT2D eigenvalue weighted by atomic mass is 10.1. The van der Waals surface area contributed by atoms with Crippen molar-refractivity contribution in [1.29, 1.82) is 0 Å². The summed E-state index contributed by atoms with van der Waals surface area (Å²) in [5, 5.41) is 0. The fourth-order valence-electron chi connectivity index (χ4n) is 1.81. The molecular weight excluding hydrogens is 190 g/mol. The lowest BCUT2D eigenvalue weighted by molar-refractivity contribution is -0.149. The number of esters is 1. The second-order valence-corrected chi connectivity index (χ2v) is 3.71. The Hall–Kier alpha value is -0.570. The number of hydrogen-bond acceptors (Lipinski definition) is 3. The summed E-state index contributed by atoms with van der Waals surface area (Å²) in [6.07, 6.45) is 2.99. The zero-order chi connectivity index (χ0) is 11.7. The highest BCUT2D eigenvalue weighted by Gasteiger charge is 2.23. The van der Waals surface area contributed by atoms with E-state index in [0.717, 1.165) is 32.4 Å². The molecule has 0 bridgehead atoms. The highest BCUT2D eigenvalue weighted by molar-refractivity contribution is 5.75. The number of ether oxygens (including phenoxy) is 1. The number of rotatable bonds is 8. The van der Waals surface area contributed by atoms with Crippen molar-refractivity contribution in [2.75, 3.05) is 19.7 Å². The van der Waals surface area contributed by atoms with Crippen molar-refractivity contribution in [2.24, 2.45) is 0 Å². The first kappa shape index (κ1) is 14.4. The predicted molar refractivity (Wildman–Crippen MR) is 62.9 cm³/mol. The molecule has 0 rings (SSSR count). The Kier molecular flexibility index (Phi) is 8.38. The van der Waals surface area contributed by atoms with E-state index < -0.39 is 0 Å². The van der Waals surface area contributed by atoms with Gasteiger partial charge in [0.15, 0.2) is 0 Å². The first-order chi connectivity index (χ1) is 7.21. The monoisotopic (exact) mass is 215 g/mol. The van der Waals surface area contributed by atoms with Gasteiger partial charge in [-0.2, -0.15) is 0 Å². The van der Waals surface area contributed by atoms with E-state index >= 15 is 0 Å². The van der Waals surface area contributed by atoms with Crippen LogP contribution in [-0.4, -0.2) is 36.6 Å². The molecule has 0 amide bonds. The molecule has 0 fully saturated rings. The number of carbonyl (C=O) groups excluding carboxylic acids is 1. The van der Waals surface area contributed by atoms with Gasteiger partial charge in [0.05, 0.1) is 6.61 Å². The summed E-state index contributed by atoms with van der Waals surface area (Å²) in [5.41, 5.74) is 0. The highest BCUT2D eigenvalue weighted by Crippen LogP contribution is 2.08. The van der Waals surface area contributed by atoms with Crippen molar-refractivity contribution in [3.8, 4) is 0 Å². The fraction of sp³-hybridized carbons (Fsp3) is 0.917. The van der Waals surface area contributed by atoms with E-state index in [-0.39, 0.29) is 12.0 Å². The van der Waals surface area contributed by atoms with Gasteiger partial charge in [0.1, 0.15) is 6.04 Å². The molecule has 0 aliphatic rings. The van der Waals surface area contributed by atoms with Gasteiger partial charge >= 0.3 is 5.97 Å². The average molecular weight is 215 g/mol. The maximum absolute atomic E-state index is 11.7. The van der Waals surface area contributed by atoms with Crippen molar-refractivity contribution in [3.05, 3.63) is 0 Å². The topological polar surface area (TPSA) is 29.5 Å². The summed E-state index contributed by atoms with van der Waals surface area (Å²) in [7, 11) is 0. The third-order valence-corrected chi connectivity index (χ3v) is 2.41. The summed E-state index contributed by atoms with van der Waals surface area (Å²) in [4.78, 5) is 13.9. The predicted octanol–water partition coefficient (Wildman–Crippen LogP) is 2.45. The molecule has 3 nitrogen and oxygen atoms in total. The summed E-state index contributed by atoms with van der Waals surface area (Å²) in [6, 6.07) is -0.0511. The Morgan fingerprint density at radius 2 is 1.67 bits per heavy atom. The van der Waals surface area contributed by atoms with E-state index in [2.05, 4.69) is 18.7 Å². The maximum Gasteiger partial charge on any atom is 0.323 e. The van der Waals surface area contributed by atoms with Crippen LogP contribution in [0, 0.1) is 0 Å². The molecule has 0 saturated heterocycles.